The van der Waals surface area contributed by atoms with E-state index in [0.717, 1.165) is 0 Å². The Labute approximate surface area is 82.3 Å². The van der Waals surface area contributed by atoms with Crippen LogP contribution in [0.3, 0.4) is 0 Å². The maximum absolute atomic E-state index is 5.07. The molecule has 12 heavy (non-hydrogen) atoms. The van der Waals surface area contributed by atoms with E-state index in [1.807, 2.05) is 0 Å². The van der Waals surface area contributed by atoms with Gasteiger partial charge in [0.05, 0.1) is 0 Å². The molecule has 0 heterocycles. The predicted octanol–water partition coefficient (Wildman–Crippen LogP) is 0.0303. The van der Waals surface area contributed by atoms with Crippen molar-refractivity contribution in [1.29, 1.82) is 0 Å². The molecule has 0 aliphatic heterocycles. The van der Waals surface area contributed by atoms with Gasteiger partial charge < -0.3 is 0 Å². The molecule has 0 N–H and O–H groups in total. The summed E-state index contributed by atoms with van der Waals surface area (Å²) in [6.45, 7) is 0. The van der Waals surface area contributed by atoms with E-state index in [0.29, 0.717) is 18.7 Å². The molecule has 6 heteroatoms. The number of ether oxygens (including phenoxy) is 4. The van der Waals surface area contributed by atoms with Crippen LogP contribution in [0.25, 0.3) is 0 Å². The number of rotatable bonds is 6. The summed E-state index contributed by atoms with van der Waals surface area (Å²) < 4.78 is 25.1. The summed E-state index contributed by atoms with van der Waals surface area (Å²) in [6.07, 6.45) is -0.669. The van der Waals surface area contributed by atoms with Gasteiger partial charge in [-0.25, -0.2) is 0 Å². The standard InChI is InChI=1S/C6H13O5.Zn/c1-8-5(7)6(9-2,10-3)11-4;/h5H,1-4H3;/q-1;+1. The fraction of sp³-hybridized carbons (Fsp3) is 1.00. The first-order valence-electron chi connectivity index (χ1n) is 3.29. The Bertz CT molecular complexity index is 104. The minimum atomic E-state index is -1.27. The fourth-order valence-electron chi connectivity index (χ4n) is 0.853. The second kappa shape index (κ2) is 5.97. The molecule has 69 valence electrons. The number of hydrogen-bond acceptors (Lipinski definition) is 5. The summed E-state index contributed by atoms with van der Waals surface area (Å²) in [7, 11) is 5.86. The van der Waals surface area contributed by atoms with E-state index in [9.17, 15) is 0 Å². The van der Waals surface area contributed by atoms with Crippen molar-refractivity contribution in [1.82, 2.24) is 0 Å². The van der Waals surface area contributed by atoms with Gasteiger partial charge in [-0.05, 0) is 0 Å². The molecule has 0 aromatic carbocycles. The molecule has 0 rings (SSSR count). The molecule has 0 saturated heterocycles. The summed E-state index contributed by atoms with van der Waals surface area (Å²) in [5.41, 5.74) is 0. The van der Waals surface area contributed by atoms with Crippen LogP contribution < -0.4 is 0 Å². The molecular weight excluding hydrogens is 217 g/mol. The predicted molar refractivity (Wildman–Crippen MR) is 35.6 cm³/mol. The van der Waals surface area contributed by atoms with Crippen molar-refractivity contribution in [2.75, 3.05) is 28.4 Å². The third-order valence-electron chi connectivity index (χ3n) is 1.51. The summed E-state index contributed by atoms with van der Waals surface area (Å²) in [5.74, 6) is -1.27. The van der Waals surface area contributed by atoms with E-state index in [1.54, 1.807) is 0 Å². The van der Waals surface area contributed by atoms with Gasteiger partial charge >= 0.3 is 81.9 Å². The van der Waals surface area contributed by atoms with Crippen LogP contribution in [-0.2, 0) is 41.2 Å². The Kier molecular flexibility index (Phi) is 6.18. The van der Waals surface area contributed by atoms with Gasteiger partial charge in [0.15, 0.2) is 0 Å². The molecule has 1 unspecified atom stereocenters. The molecule has 0 aliphatic rings. The number of hydrogen-bond donors (Lipinski definition) is 0. The summed E-state index contributed by atoms with van der Waals surface area (Å²) in [6, 6.07) is 0. The van der Waals surface area contributed by atoms with E-state index < -0.39 is 12.3 Å². The van der Waals surface area contributed by atoms with Crippen LogP contribution in [-0.4, -0.2) is 40.7 Å². The van der Waals surface area contributed by atoms with Crippen LogP contribution in [0.15, 0.2) is 0 Å². The molecule has 0 fully saturated rings. The van der Waals surface area contributed by atoms with Crippen LogP contribution in [0.5, 0.6) is 0 Å². The van der Waals surface area contributed by atoms with Crippen molar-refractivity contribution >= 4 is 0 Å². The number of methoxy groups -OCH3 is 4. The van der Waals surface area contributed by atoms with E-state index in [1.165, 1.54) is 28.4 Å². The zero-order chi connectivity index (χ0) is 9.61. The van der Waals surface area contributed by atoms with Crippen molar-refractivity contribution in [3.63, 3.8) is 0 Å². The molecule has 0 aromatic rings. The molecule has 5 nitrogen and oxygen atoms in total. The summed E-state index contributed by atoms with van der Waals surface area (Å²) >= 11 is 0.607. The van der Waals surface area contributed by atoms with Gasteiger partial charge in [-0.2, -0.15) is 0 Å². The van der Waals surface area contributed by atoms with E-state index >= 15 is 0 Å². The Hall–Kier alpha value is 0.423. The molecular formula is C6H13O5Zn. The van der Waals surface area contributed by atoms with Gasteiger partial charge in [0.25, 0.3) is 0 Å². The van der Waals surface area contributed by atoms with Crippen LogP contribution in [0.4, 0.5) is 0 Å². The maximum atomic E-state index is 5.07. The van der Waals surface area contributed by atoms with E-state index in [-0.39, 0.29) is 0 Å². The SMILES string of the molecule is COC([O][Zn])C(OC)(OC)OC. The molecule has 0 aliphatic carbocycles. The monoisotopic (exact) mass is 229 g/mol. The molecule has 0 aromatic heterocycles. The van der Waals surface area contributed by atoms with Crippen molar-refractivity contribution in [3.05, 3.63) is 0 Å². The second-order valence-corrected chi connectivity index (χ2v) is 2.65. The Balaban J connectivity index is 4.42. The average molecular weight is 231 g/mol. The molecule has 0 radical (unpaired) electrons. The van der Waals surface area contributed by atoms with Gasteiger partial charge in [-0.1, -0.05) is 0 Å². The first-order valence-corrected chi connectivity index (χ1v) is 4.51. The molecule has 0 spiro atoms. The molecule has 1 atom stereocenters. The molecule has 0 amide bonds. The van der Waals surface area contributed by atoms with Crippen LogP contribution >= 0.6 is 0 Å². The fourth-order valence-corrected chi connectivity index (χ4v) is 1.57. The van der Waals surface area contributed by atoms with E-state index in [4.69, 9.17) is 22.5 Å². The van der Waals surface area contributed by atoms with Crippen LogP contribution in [0, 0.1) is 0 Å². The van der Waals surface area contributed by atoms with Crippen LogP contribution in [0.1, 0.15) is 0 Å². The minimum absolute atomic E-state index is 0.607. The normalized spacial score (nSPS) is 14.8. The van der Waals surface area contributed by atoms with Gasteiger partial charge in [0.1, 0.15) is 0 Å². The Morgan fingerprint density at radius 2 is 1.42 bits per heavy atom. The zero-order valence-electron chi connectivity index (χ0n) is 7.83. The first-order chi connectivity index (χ1) is 5.70. The molecule has 0 saturated carbocycles. The van der Waals surface area contributed by atoms with Gasteiger partial charge in [0, 0.05) is 0 Å². The Morgan fingerprint density at radius 1 is 1.00 bits per heavy atom. The van der Waals surface area contributed by atoms with Crippen molar-refractivity contribution < 1.29 is 41.2 Å². The third-order valence-corrected chi connectivity index (χ3v) is 2.14. The zero-order valence-corrected chi connectivity index (χ0v) is 10.8. The summed E-state index contributed by atoms with van der Waals surface area (Å²) in [5, 5.41) is 0. The van der Waals surface area contributed by atoms with Gasteiger partial charge in [-0.3, -0.25) is 0 Å². The van der Waals surface area contributed by atoms with Crippen LogP contribution in [0.2, 0.25) is 0 Å². The van der Waals surface area contributed by atoms with Crippen molar-refractivity contribution in [3.8, 4) is 0 Å². The molecule has 0 bridgehead atoms. The second-order valence-electron chi connectivity index (χ2n) is 1.95. The van der Waals surface area contributed by atoms with Gasteiger partial charge in [-0.15, -0.1) is 0 Å². The quantitative estimate of drug-likeness (QED) is 0.476. The Morgan fingerprint density at radius 3 is 1.50 bits per heavy atom. The average Bonchev–Trinajstić information content (AvgIpc) is 2.14. The van der Waals surface area contributed by atoms with Crippen molar-refractivity contribution in [2.24, 2.45) is 0 Å². The topological polar surface area (TPSA) is 46.2 Å². The first kappa shape index (κ1) is 12.4. The summed E-state index contributed by atoms with van der Waals surface area (Å²) in [4.78, 5) is 0. The van der Waals surface area contributed by atoms with Crippen molar-refractivity contribution in [2.45, 2.75) is 12.3 Å². The van der Waals surface area contributed by atoms with Gasteiger partial charge in [0.2, 0.25) is 0 Å². The third kappa shape index (κ3) is 2.45. The van der Waals surface area contributed by atoms with E-state index in [2.05, 4.69) is 0 Å².